The molecule has 0 aliphatic heterocycles. The third-order valence-corrected chi connectivity index (χ3v) is 3.57. The van der Waals surface area contributed by atoms with Crippen LogP contribution < -0.4 is 5.73 Å². The second-order valence-corrected chi connectivity index (χ2v) is 5.36. The minimum atomic E-state index is -0.0927. The fraction of sp³-hybridized carbons (Fsp3) is 0.438. The van der Waals surface area contributed by atoms with E-state index < -0.39 is 0 Å². The van der Waals surface area contributed by atoms with E-state index in [1.54, 1.807) is 0 Å². The highest BCUT2D eigenvalue weighted by Gasteiger charge is 2.15. The van der Waals surface area contributed by atoms with Gasteiger partial charge < -0.3 is 5.73 Å². The molecule has 1 atom stereocenters. The van der Waals surface area contributed by atoms with E-state index in [-0.39, 0.29) is 6.04 Å². The molecule has 0 bridgehead atoms. The zero-order valence-corrected chi connectivity index (χ0v) is 12.2. The Hall–Kier alpha value is -1.61. The Bertz CT molecular complexity index is 538. The Morgan fingerprint density at radius 3 is 2.26 bits per heavy atom. The first-order chi connectivity index (χ1) is 9.02. The van der Waals surface area contributed by atoms with Gasteiger partial charge in [-0.2, -0.15) is 5.10 Å². The molecule has 1 aromatic heterocycles. The quantitative estimate of drug-likeness (QED) is 0.914. The molecule has 0 radical (unpaired) electrons. The smallest absolute Gasteiger partial charge is 0.0672 e. The van der Waals surface area contributed by atoms with Crippen molar-refractivity contribution in [3.8, 4) is 0 Å². The summed E-state index contributed by atoms with van der Waals surface area (Å²) in [5.74, 6) is 0.551. The summed E-state index contributed by atoms with van der Waals surface area (Å²) in [4.78, 5) is 0. The molecular formula is C16H23N3. The molecule has 19 heavy (non-hydrogen) atoms. The molecule has 1 aromatic carbocycles. The largest absolute Gasteiger partial charge is 0.320 e. The maximum atomic E-state index is 6.38. The second-order valence-electron chi connectivity index (χ2n) is 5.36. The van der Waals surface area contributed by atoms with Gasteiger partial charge in [0.05, 0.1) is 11.7 Å². The van der Waals surface area contributed by atoms with Gasteiger partial charge in [0.25, 0.3) is 0 Å². The first-order valence-corrected chi connectivity index (χ1v) is 6.90. The molecule has 102 valence electrons. The van der Waals surface area contributed by atoms with Crippen LogP contribution in [0.25, 0.3) is 0 Å². The lowest BCUT2D eigenvalue weighted by molar-refractivity contribution is 0.746. The molecule has 2 aromatic rings. The van der Waals surface area contributed by atoms with Crippen LogP contribution in [0.2, 0.25) is 0 Å². The average Bonchev–Trinajstić information content (AvgIpc) is 2.79. The topological polar surface area (TPSA) is 43.8 Å². The van der Waals surface area contributed by atoms with E-state index in [9.17, 15) is 0 Å². The van der Waals surface area contributed by atoms with Gasteiger partial charge in [-0.25, -0.2) is 0 Å². The fourth-order valence-corrected chi connectivity index (χ4v) is 2.36. The normalized spacial score (nSPS) is 12.9. The number of hydrogen-bond donors (Lipinski definition) is 1. The maximum Gasteiger partial charge on any atom is 0.0672 e. The van der Waals surface area contributed by atoms with Gasteiger partial charge in [-0.05, 0) is 23.5 Å². The number of nitrogens with zero attached hydrogens (tertiary/aromatic N) is 2. The molecule has 0 aliphatic rings. The van der Waals surface area contributed by atoms with Crippen molar-refractivity contribution in [3.05, 3.63) is 52.8 Å². The molecular weight excluding hydrogens is 234 g/mol. The Balaban J connectivity index is 2.30. The summed E-state index contributed by atoms with van der Waals surface area (Å²) in [5, 5.41) is 4.46. The van der Waals surface area contributed by atoms with Gasteiger partial charge in [0.1, 0.15) is 0 Å². The number of benzene rings is 1. The van der Waals surface area contributed by atoms with E-state index in [1.807, 2.05) is 17.9 Å². The van der Waals surface area contributed by atoms with Crippen LogP contribution in [0.15, 0.2) is 30.5 Å². The predicted molar refractivity (Wildman–Crippen MR) is 79.1 cm³/mol. The van der Waals surface area contributed by atoms with Gasteiger partial charge in [0.15, 0.2) is 0 Å². The fourth-order valence-electron chi connectivity index (χ4n) is 2.36. The minimum Gasteiger partial charge on any atom is -0.320 e. The van der Waals surface area contributed by atoms with Gasteiger partial charge >= 0.3 is 0 Å². The van der Waals surface area contributed by atoms with Gasteiger partial charge in [-0.15, -0.1) is 0 Å². The summed E-state index contributed by atoms with van der Waals surface area (Å²) < 4.78 is 1.84. The molecule has 0 aliphatic carbocycles. The Kier molecular flexibility index (Phi) is 4.05. The summed E-state index contributed by atoms with van der Waals surface area (Å²) in [6.07, 6.45) is 2.94. The van der Waals surface area contributed by atoms with E-state index in [1.165, 1.54) is 5.56 Å². The zero-order chi connectivity index (χ0) is 14.0. The van der Waals surface area contributed by atoms with Crippen molar-refractivity contribution in [2.75, 3.05) is 0 Å². The zero-order valence-electron chi connectivity index (χ0n) is 12.2. The number of aryl methyl sites for hydroxylation is 2. The average molecular weight is 257 g/mol. The lowest BCUT2D eigenvalue weighted by Gasteiger charge is -2.13. The van der Waals surface area contributed by atoms with Crippen LogP contribution in [-0.4, -0.2) is 9.78 Å². The SMILES string of the molecule is CCc1nn(C)cc1C(N)c1ccc(C(C)C)cc1. The molecule has 0 spiro atoms. The van der Waals surface area contributed by atoms with Crippen molar-refractivity contribution in [2.45, 2.75) is 39.2 Å². The molecule has 1 unspecified atom stereocenters. The third kappa shape index (κ3) is 2.87. The van der Waals surface area contributed by atoms with Crippen LogP contribution in [0.1, 0.15) is 55.1 Å². The molecule has 0 amide bonds. The highest BCUT2D eigenvalue weighted by Crippen LogP contribution is 2.24. The van der Waals surface area contributed by atoms with E-state index in [2.05, 4.69) is 50.1 Å². The van der Waals surface area contributed by atoms with E-state index in [4.69, 9.17) is 5.73 Å². The predicted octanol–water partition coefficient (Wildman–Crippen LogP) is 3.15. The Morgan fingerprint density at radius 1 is 1.16 bits per heavy atom. The van der Waals surface area contributed by atoms with E-state index in [0.717, 1.165) is 23.2 Å². The van der Waals surface area contributed by atoms with Crippen LogP contribution >= 0.6 is 0 Å². The van der Waals surface area contributed by atoms with Crippen molar-refractivity contribution in [2.24, 2.45) is 12.8 Å². The molecule has 2 rings (SSSR count). The third-order valence-electron chi connectivity index (χ3n) is 3.57. The molecule has 0 saturated carbocycles. The lowest BCUT2D eigenvalue weighted by atomic mass is 9.96. The maximum absolute atomic E-state index is 6.38. The molecule has 3 heteroatoms. The number of aromatic nitrogens is 2. The van der Waals surface area contributed by atoms with Gasteiger partial charge in [0.2, 0.25) is 0 Å². The minimum absolute atomic E-state index is 0.0927. The van der Waals surface area contributed by atoms with E-state index in [0.29, 0.717) is 5.92 Å². The number of hydrogen-bond acceptors (Lipinski definition) is 2. The van der Waals surface area contributed by atoms with Crippen molar-refractivity contribution < 1.29 is 0 Å². The van der Waals surface area contributed by atoms with Crippen molar-refractivity contribution in [1.82, 2.24) is 9.78 Å². The molecule has 3 nitrogen and oxygen atoms in total. The number of rotatable bonds is 4. The van der Waals surface area contributed by atoms with Crippen LogP contribution in [0, 0.1) is 0 Å². The van der Waals surface area contributed by atoms with Crippen molar-refractivity contribution in [1.29, 1.82) is 0 Å². The first-order valence-electron chi connectivity index (χ1n) is 6.90. The van der Waals surface area contributed by atoms with Gasteiger partial charge in [-0.3, -0.25) is 4.68 Å². The Labute approximate surface area is 115 Å². The summed E-state index contributed by atoms with van der Waals surface area (Å²) >= 11 is 0. The molecule has 0 fully saturated rings. The Morgan fingerprint density at radius 2 is 1.74 bits per heavy atom. The summed E-state index contributed by atoms with van der Waals surface area (Å²) in [5.41, 5.74) is 11.1. The van der Waals surface area contributed by atoms with Gasteiger partial charge in [-0.1, -0.05) is 45.0 Å². The highest BCUT2D eigenvalue weighted by atomic mass is 15.3. The lowest BCUT2D eigenvalue weighted by Crippen LogP contribution is -2.13. The molecule has 2 N–H and O–H groups in total. The van der Waals surface area contributed by atoms with Crippen LogP contribution in [-0.2, 0) is 13.5 Å². The summed E-state index contributed by atoms with van der Waals surface area (Å²) in [7, 11) is 1.94. The van der Waals surface area contributed by atoms with E-state index >= 15 is 0 Å². The standard InChI is InChI=1S/C16H23N3/c1-5-15-14(10-19(4)18-15)16(17)13-8-6-12(7-9-13)11(2)3/h6-11,16H,5,17H2,1-4H3. The summed E-state index contributed by atoms with van der Waals surface area (Å²) in [6, 6.07) is 8.51. The number of nitrogens with two attached hydrogens (primary N) is 1. The monoisotopic (exact) mass is 257 g/mol. The second kappa shape index (κ2) is 5.57. The summed E-state index contributed by atoms with van der Waals surface area (Å²) in [6.45, 7) is 6.51. The van der Waals surface area contributed by atoms with Crippen LogP contribution in [0.5, 0.6) is 0 Å². The van der Waals surface area contributed by atoms with Crippen LogP contribution in [0.3, 0.4) is 0 Å². The first kappa shape index (κ1) is 13.8. The van der Waals surface area contributed by atoms with Gasteiger partial charge in [0, 0.05) is 18.8 Å². The highest BCUT2D eigenvalue weighted by molar-refractivity contribution is 5.35. The van der Waals surface area contributed by atoms with Crippen LogP contribution in [0.4, 0.5) is 0 Å². The van der Waals surface area contributed by atoms with Crippen molar-refractivity contribution in [3.63, 3.8) is 0 Å². The van der Waals surface area contributed by atoms with Crippen molar-refractivity contribution >= 4 is 0 Å². The molecule has 1 heterocycles. The molecule has 0 saturated heterocycles.